The van der Waals surface area contributed by atoms with Gasteiger partial charge < -0.3 is 14.2 Å². The molecule has 4 fully saturated rings. The quantitative estimate of drug-likeness (QED) is 0.515. The number of hydrogen-bond acceptors (Lipinski definition) is 9. The lowest BCUT2D eigenvalue weighted by Crippen LogP contribution is -2.60. The molecule has 4 aliphatic rings. The van der Waals surface area contributed by atoms with Gasteiger partial charge in [-0.1, -0.05) is 11.7 Å². The second-order valence-corrected chi connectivity index (χ2v) is 12.8. The van der Waals surface area contributed by atoms with E-state index in [1.807, 2.05) is 27.7 Å². The lowest BCUT2D eigenvalue weighted by Gasteiger charge is -2.46. The lowest BCUT2D eigenvalue weighted by atomic mass is 9.71. The fourth-order valence-corrected chi connectivity index (χ4v) is 6.26. The van der Waals surface area contributed by atoms with Crippen LogP contribution in [0, 0.1) is 11.3 Å². The SMILES string of the molecule is C=C(C)N1CC(N(Cc2cc([C@@H]3CC4(CC4)[C@@H]4CC3C(=O)N4OS(=O)(=O)O)no2)C(=O)OC(C)(C)C)C1. The van der Waals surface area contributed by atoms with E-state index in [-0.39, 0.29) is 23.9 Å². The summed E-state index contributed by atoms with van der Waals surface area (Å²) in [7, 11) is -4.82. The van der Waals surface area contributed by atoms with Crippen LogP contribution in [-0.4, -0.2) is 75.8 Å². The summed E-state index contributed by atoms with van der Waals surface area (Å²) < 4.78 is 47.9. The number of fused-ring (bicyclic) bond motifs is 3. The normalized spacial score (nSPS) is 26.8. The van der Waals surface area contributed by atoms with Crippen molar-refractivity contribution in [1.29, 1.82) is 0 Å². The monoisotopic (exact) mass is 538 g/mol. The van der Waals surface area contributed by atoms with Crippen molar-refractivity contribution < 1.29 is 36.1 Å². The second kappa shape index (κ2) is 8.70. The van der Waals surface area contributed by atoms with Crippen molar-refractivity contribution in [2.45, 2.75) is 83.5 Å². The number of allylic oxidation sites excluding steroid dienone is 1. The summed E-state index contributed by atoms with van der Waals surface area (Å²) in [4.78, 5) is 29.8. The third-order valence-electron chi connectivity index (χ3n) is 7.93. The Kier molecular flexibility index (Phi) is 6.11. The molecule has 2 saturated carbocycles. The smallest absolute Gasteiger partial charge is 0.418 e. The summed E-state index contributed by atoms with van der Waals surface area (Å²) in [5.41, 5.74) is 0.598. The van der Waals surface area contributed by atoms with Gasteiger partial charge in [0.1, 0.15) is 5.60 Å². The Morgan fingerprint density at radius 3 is 2.57 bits per heavy atom. The highest BCUT2D eigenvalue weighted by Crippen LogP contribution is 2.65. The Morgan fingerprint density at radius 1 is 1.32 bits per heavy atom. The third-order valence-corrected chi connectivity index (χ3v) is 8.28. The molecule has 1 unspecified atom stereocenters. The van der Waals surface area contributed by atoms with Gasteiger partial charge in [-0.2, -0.15) is 13.5 Å². The molecule has 204 valence electrons. The van der Waals surface area contributed by atoms with Crippen LogP contribution in [-0.2, 0) is 30.8 Å². The van der Waals surface area contributed by atoms with Gasteiger partial charge in [-0.25, -0.2) is 4.79 Å². The molecule has 3 atom stereocenters. The number of carbonyl (C=O) groups excluding carboxylic acids is 2. The first-order valence-electron chi connectivity index (χ1n) is 12.5. The Balaban J connectivity index is 1.34. The summed E-state index contributed by atoms with van der Waals surface area (Å²) in [6.45, 7) is 12.8. The standard InChI is InChI=1S/C24H34N4O8S/c1-14(2)26-11-15(12-26)27(22(30)34-23(3,4)5)13-16-8-19(25-35-16)18-10-24(6-7-24)20-9-17(18)21(29)28(20)36-37(31,32)33/h8,15,17-18,20H,1,6-7,9-13H2,2-5H3,(H,31,32,33)/t17?,18-,20+/m1/s1. The van der Waals surface area contributed by atoms with Crippen molar-refractivity contribution in [3.05, 3.63) is 29.8 Å². The topological polar surface area (TPSA) is 143 Å². The van der Waals surface area contributed by atoms with Gasteiger partial charge >= 0.3 is 16.5 Å². The number of nitrogens with zero attached hydrogens (tertiary/aromatic N) is 4. The minimum Gasteiger partial charge on any atom is -0.444 e. The predicted octanol–water partition coefficient (Wildman–Crippen LogP) is 2.85. The zero-order chi connectivity index (χ0) is 26.9. The van der Waals surface area contributed by atoms with E-state index in [9.17, 15) is 22.6 Å². The maximum Gasteiger partial charge on any atom is 0.418 e. The lowest BCUT2D eigenvalue weighted by molar-refractivity contribution is -0.161. The molecule has 37 heavy (non-hydrogen) atoms. The molecule has 1 N–H and O–H groups in total. The van der Waals surface area contributed by atoms with Crippen LogP contribution in [0.4, 0.5) is 4.79 Å². The van der Waals surface area contributed by atoms with Crippen molar-refractivity contribution >= 4 is 22.4 Å². The van der Waals surface area contributed by atoms with Gasteiger partial charge in [-0.15, -0.1) is 4.28 Å². The van der Waals surface area contributed by atoms with Gasteiger partial charge in [-0.05, 0) is 58.8 Å². The van der Waals surface area contributed by atoms with E-state index in [0.717, 1.165) is 23.6 Å². The molecule has 1 aromatic heterocycles. The Morgan fingerprint density at radius 2 is 2.00 bits per heavy atom. The van der Waals surface area contributed by atoms with Gasteiger partial charge in [-0.3, -0.25) is 14.2 Å². The van der Waals surface area contributed by atoms with Crippen molar-refractivity contribution in [3.63, 3.8) is 0 Å². The zero-order valence-electron chi connectivity index (χ0n) is 21.5. The number of likely N-dealkylation sites (tertiary alicyclic amines) is 1. The molecule has 2 amide bonds. The first-order chi connectivity index (χ1) is 17.2. The van der Waals surface area contributed by atoms with Gasteiger partial charge in [0.05, 0.1) is 30.2 Å². The van der Waals surface area contributed by atoms with Gasteiger partial charge in [0.25, 0.3) is 5.91 Å². The molecule has 0 radical (unpaired) electrons. The maximum atomic E-state index is 13.1. The molecule has 1 spiro atoms. The van der Waals surface area contributed by atoms with Gasteiger partial charge in [0.2, 0.25) is 0 Å². The fraction of sp³-hybridized carbons (Fsp3) is 0.708. The fourth-order valence-electron chi connectivity index (χ4n) is 5.88. The van der Waals surface area contributed by atoms with Crippen LogP contribution in [0.25, 0.3) is 0 Å². The summed E-state index contributed by atoms with van der Waals surface area (Å²) in [6, 6.07) is 1.30. The molecule has 3 heterocycles. The van der Waals surface area contributed by atoms with E-state index in [4.69, 9.17) is 9.26 Å². The summed E-state index contributed by atoms with van der Waals surface area (Å²) in [5, 5.41) is 5.11. The number of hydrogen-bond donors (Lipinski definition) is 1. The van der Waals surface area contributed by atoms with Gasteiger partial charge in [0, 0.05) is 30.8 Å². The zero-order valence-corrected chi connectivity index (χ0v) is 22.4. The number of aromatic nitrogens is 1. The number of ether oxygens (including phenoxy) is 1. The number of rotatable bonds is 7. The number of hydroxylamine groups is 2. The molecule has 2 aliphatic heterocycles. The summed E-state index contributed by atoms with van der Waals surface area (Å²) in [6.07, 6.45) is 2.27. The average Bonchev–Trinajstić information content (AvgIpc) is 3.22. The first kappa shape index (κ1) is 26.0. The molecule has 13 heteroatoms. The highest BCUT2D eigenvalue weighted by molar-refractivity contribution is 7.80. The van der Waals surface area contributed by atoms with E-state index in [1.54, 1.807) is 11.0 Å². The van der Waals surface area contributed by atoms with Crippen molar-refractivity contribution in [2.24, 2.45) is 11.3 Å². The maximum absolute atomic E-state index is 13.1. The molecular weight excluding hydrogens is 504 g/mol. The Hall–Kier alpha value is -2.64. The molecule has 5 rings (SSSR count). The second-order valence-electron chi connectivity index (χ2n) is 11.8. The molecule has 2 aliphatic carbocycles. The molecular formula is C24H34N4O8S. The highest BCUT2D eigenvalue weighted by Gasteiger charge is 2.65. The van der Waals surface area contributed by atoms with Crippen LogP contribution in [0.1, 0.15) is 70.8 Å². The average molecular weight is 539 g/mol. The molecule has 1 aromatic rings. The Bertz CT molecular complexity index is 1210. The summed E-state index contributed by atoms with van der Waals surface area (Å²) in [5.74, 6) is -0.825. The first-order valence-corrected chi connectivity index (χ1v) is 13.9. The molecule has 2 bridgehead atoms. The predicted molar refractivity (Wildman–Crippen MR) is 129 cm³/mol. The van der Waals surface area contributed by atoms with E-state index >= 15 is 0 Å². The summed E-state index contributed by atoms with van der Waals surface area (Å²) >= 11 is 0. The van der Waals surface area contributed by atoms with E-state index in [2.05, 4.69) is 20.9 Å². The van der Waals surface area contributed by atoms with Crippen molar-refractivity contribution in [1.82, 2.24) is 20.0 Å². The van der Waals surface area contributed by atoms with Crippen molar-refractivity contribution in [3.8, 4) is 0 Å². The van der Waals surface area contributed by atoms with Crippen LogP contribution < -0.4 is 0 Å². The van der Waals surface area contributed by atoms with Gasteiger partial charge in [0.15, 0.2) is 5.76 Å². The number of amides is 2. The number of carbonyl (C=O) groups is 2. The minimum atomic E-state index is -4.82. The largest absolute Gasteiger partial charge is 0.444 e. The van der Waals surface area contributed by atoms with Crippen LogP contribution in [0.5, 0.6) is 0 Å². The van der Waals surface area contributed by atoms with Crippen LogP contribution in [0.2, 0.25) is 0 Å². The van der Waals surface area contributed by atoms with Crippen LogP contribution in [0.3, 0.4) is 0 Å². The third kappa shape index (κ3) is 5.08. The van der Waals surface area contributed by atoms with E-state index < -0.39 is 40.0 Å². The highest BCUT2D eigenvalue weighted by atomic mass is 32.3. The van der Waals surface area contributed by atoms with Crippen LogP contribution >= 0.6 is 0 Å². The van der Waals surface area contributed by atoms with Crippen molar-refractivity contribution in [2.75, 3.05) is 13.1 Å². The van der Waals surface area contributed by atoms with Crippen LogP contribution in [0.15, 0.2) is 22.9 Å². The Labute approximate surface area is 216 Å². The minimum absolute atomic E-state index is 0.0761. The molecule has 0 aromatic carbocycles. The molecule has 2 saturated heterocycles. The molecule has 12 nitrogen and oxygen atoms in total. The van der Waals surface area contributed by atoms with E-state index in [0.29, 0.717) is 37.4 Å². The van der Waals surface area contributed by atoms with E-state index in [1.165, 1.54) is 0 Å².